The van der Waals surface area contributed by atoms with Gasteiger partial charge in [-0.3, -0.25) is 9.69 Å². The quantitative estimate of drug-likeness (QED) is 0.501. The Labute approximate surface area is 171 Å². The van der Waals surface area contributed by atoms with Crippen molar-refractivity contribution in [3.63, 3.8) is 0 Å². The molecule has 146 valence electrons. The van der Waals surface area contributed by atoms with E-state index in [-0.39, 0.29) is 5.91 Å². The number of nitrogens with zero attached hydrogens (tertiary/aromatic N) is 4. The zero-order valence-electron chi connectivity index (χ0n) is 15.8. The van der Waals surface area contributed by atoms with Crippen molar-refractivity contribution < 1.29 is 14.3 Å². The summed E-state index contributed by atoms with van der Waals surface area (Å²) in [6.07, 6.45) is 3.48. The van der Waals surface area contributed by atoms with E-state index in [2.05, 4.69) is 21.8 Å². The summed E-state index contributed by atoms with van der Waals surface area (Å²) in [4.78, 5) is 19.5. The summed E-state index contributed by atoms with van der Waals surface area (Å²) in [6, 6.07) is 5.56. The fourth-order valence-electron chi connectivity index (χ4n) is 2.49. The molecule has 0 aliphatic carbocycles. The number of aromatic nitrogens is 2. The molecule has 0 N–H and O–H groups in total. The normalized spacial score (nSPS) is 16.8. The average Bonchev–Trinajstić information content (AvgIpc) is 3.21. The van der Waals surface area contributed by atoms with Crippen LogP contribution >= 0.6 is 23.1 Å². The van der Waals surface area contributed by atoms with Crippen LogP contribution in [0.5, 0.6) is 11.5 Å². The molecule has 1 aromatic heterocycles. The summed E-state index contributed by atoms with van der Waals surface area (Å²) in [5.41, 5.74) is 0.836. The van der Waals surface area contributed by atoms with Crippen LogP contribution in [0.15, 0.2) is 40.8 Å². The summed E-state index contributed by atoms with van der Waals surface area (Å²) in [6.45, 7) is 8.42. The first-order valence-electron chi connectivity index (χ1n) is 8.57. The van der Waals surface area contributed by atoms with Crippen LogP contribution in [0.25, 0.3) is 6.08 Å². The first kappa shape index (κ1) is 20.1. The number of carbonyl (C=O) groups is 1. The van der Waals surface area contributed by atoms with Crippen LogP contribution in [0.4, 0.5) is 5.13 Å². The van der Waals surface area contributed by atoms with Gasteiger partial charge in [0.1, 0.15) is 5.01 Å². The average molecular weight is 417 g/mol. The van der Waals surface area contributed by atoms with E-state index in [1.807, 2.05) is 38.1 Å². The fourth-order valence-corrected chi connectivity index (χ4v) is 4.10. The monoisotopic (exact) mass is 416 g/mol. The predicted molar refractivity (Wildman–Crippen MR) is 113 cm³/mol. The minimum Gasteiger partial charge on any atom is -0.493 e. The van der Waals surface area contributed by atoms with Crippen LogP contribution in [0.3, 0.4) is 0 Å². The number of aryl methyl sites for hydroxylation is 1. The molecule has 0 radical (unpaired) electrons. The van der Waals surface area contributed by atoms with E-state index < -0.39 is 0 Å². The van der Waals surface area contributed by atoms with Gasteiger partial charge in [0.2, 0.25) is 5.13 Å². The summed E-state index contributed by atoms with van der Waals surface area (Å²) >= 11 is 2.68. The van der Waals surface area contributed by atoms with Gasteiger partial charge in [-0.1, -0.05) is 23.5 Å². The minimum atomic E-state index is -0.127. The van der Waals surface area contributed by atoms with Crippen molar-refractivity contribution in [2.24, 2.45) is 4.99 Å². The van der Waals surface area contributed by atoms with Crippen molar-refractivity contribution in [2.75, 3.05) is 20.3 Å². The van der Waals surface area contributed by atoms with Gasteiger partial charge in [0.05, 0.1) is 18.6 Å². The van der Waals surface area contributed by atoms with Gasteiger partial charge in [-0.25, -0.2) is 0 Å². The van der Waals surface area contributed by atoms with Crippen molar-refractivity contribution in [2.45, 2.75) is 13.8 Å². The number of benzene rings is 1. The van der Waals surface area contributed by atoms with Crippen LogP contribution < -0.4 is 9.47 Å². The maximum atomic E-state index is 12.8. The molecule has 0 atom stereocenters. The summed E-state index contributed by atoms with van der Waals surface area (Å²) in [5.74, 6) is 1.16. The lowest BCUT2D eigenvalue weighted by Crippen LogP contribution is -2.29. The second-order valence-electron chi connectivity index (χ2n) is 5.66. The van der Waals surface area contributed by atoms with Crippen LogP contribution in [-0.4, -0.2) is 46.4 Å². The summed E-state index contributed by atoms with van der Waals surface area (Å²) < 4.78 is 10.9. The Bertz CT molecular complexity index is 952. The number of hydrogen-bond donors (Lipinski definition) is 0. The topological polar surface area (TPSA) is 76.9 Å². The molecule has 1 aromatic carbocycles. The van der Waals surface area contributed by atoms with Gasteiger partial charge in [0.25, 0.3) is 5.91 Å². The Morgan fingerprint density at radius 3 is 2.79 bits per heavy atom. The first-order valence-corrected chi connectivity index (χ1v) is 10.2. The molecule has 1 aliphatic rings. The lowest BCUT2D eigenvalue weighted by atomic mass is 10.2. The molecule has 7 nitrogen and oxygen atoms in total. The zero-order chi connectivity index (χ0) is 20.1. The number of ether oxygens (including phenoxy) is 2. The van der Waals surface area contributed by atoms with Gasteiger partial charge >= 0.3 is 0 Å². The lowest BCUT2D eigenvalue weighted by molar-refractivity contribution is -0.121. The molecule has 2 heterocycles. The van der Waals surface area contributed by atoms with Gasteiger partial charge in [-0.15, -0.1) is 16.8 Å². The number of hydrogen-bond acceptors (Lipinski definition) is 8. The Hall–Kier alpha value is -2.65. The highest BCUT2D eigenvalue weighted by atomic mass is 32.2. The third-order valence-electron chi connectivity index (χ3n) is 3.69. The fraction of sp³-hybridized carbons (Fsp3) is 0.263. The van der Waals surface area contributed by atoms with E-state index in [1.54, 1.807) is 18.1 Å². The maximum Gasteiger partial charge on any atom is 0.267 e. The van der Waals surface area contributed by atoms with Crippen molar-refractivity contribution >= 4 is 45.4 Å². The molecule has 0 spiro atoms. The molecular formula is C19H20N4O3S2. The Kier molecular flexibility index (Phi) is 6.48. The number of thioether (sulfide) groups is 1. The minimum absolute atomic E-state index is 0.127. The highest BCUT2D eigenvalue weighted by molar-refractivity contribution is 8.18. The SMILES string of the molecule is C=CCN1C(=O)/C(=C/c2ccc(OCC)c(OC)c2)S/C1=N/c1nnc(C)s1. The van der Waals surface area contributed by atoms with Gasteiger partial charge in [0, 0.05) is 6.54 Å². The Balaban J connectivity index is 1.92. The number of aliphatic imine (C=N–C) groups is 1. The molecule has 0 unspecified atom stereocenters. The number of amides is 1. The summed E-state index contributed by atoms with van der Waals surface area (Å²) in [5, 5.41) is 9.88. The van der Waals surface area contributed by atoms with Crippen molar-refractivity contribution in [3.05, 3.63) is 46.3 Å². The van der Waals surface area contributed by atoms with Crippen LogP contribution in [-0.2, 0) is 4.79 Å². The highest BCUT2D eigenvalue weighted by Gasteiger charge is 2.33. The standard InChI is InChI=1S/C19H20N4O3S2/c1-5-9-23-17(24)16(28-19(23)20-18-22-21-12(3)27-18)11-13-7-8-14(26-6-2)15(10-13)25-4/h5,7-8,10-11H,1,6,9H2,2-4H3/b16-11-,20-19+. The van der Waals surface area contributed by atoms with Crippen molar-refractivity contribution in [1.82, 2.24) is 15.1 Å². The number of carbonyl (C=O) groups excluding carboxylic acids is 1. The Morgan fingerprint density at radius 2 is 2.14 bits per heavy atom. The zero-order valence-corrected chi connectivity index (χ0v) is 17.5. The second kappa shape index (κ2) is 9.03. The number of rotatable bonds is 7. The largest absolute Gasteiger partial charge is 0.493 e. The number of amidine groups is 1. The van der Waals surface area contributed by atoms with Gasteiger partial charge in [-0.2, -0.15) is 4.99 Å². The smallest absolute Gasteiger partial charge is 0.267 e. The molecule has 1 aliphatic heterocycles. The van der Waals surface area contributed by atoms with Gasteiger partial charge in [-0.05, 0) is 49.4 Å². The van der Waals surface area contributed by atoms with E-state index >= 15 is 0 Å². The molecule has 28 heavy (non-hydrogen) atoms. The molecule has 0 bridgehead atoms. The highest BCUT2D eigenvalue weighted by Crippen LogP contribution is 2.36. The molecule has 3 rings (SSSR count). The van der Waals surface area contributed by atoms with E-state index in [0.29, 0.717) is 39.9 Å². The molecule has 9 heteroatoms. The van der Waals surface area contributed by atoms with Crippen molar-refractivity contribution in [1.29, 1.82) is 0 Å². The van der Waals surface area contributed by atoms with E-state index in [1.165, 1.54) is 23.1 Å². The molecule has 2 aromatic rings. The van der Waals surface area contributed by atoms with Gasteiger partial charge < -0.3 is 9.47 Å². The van der Waals surface area contributed by atoms with Crippen LogP contribution in [0.2, 0.25) is 0 Å². The second-order valence-corrected chi connectivity index (χ2v) is 7.83. The van der Waals surface area contributed by atoms with Crippen molar-refractivity contribution in [3.8, 4) is 11.5 Å². The molecular weight excluding hydrogens is 396 g/mol. The molecule has 1 saturated heterocycles. The van der Waals surface area contributed by atoms with E-state index in [4.69, 9.17) is 9.47 Å². The lowest BCUT2D eigenvalue weighted by Gasteiger charge is -2.11. The van der Waals surface area contributed by atoms with E-state index in [0.717, 1.165) is 10.6 Å². The summed E-state index contributed by atoms with van der Waals surface area (Å²) in [7, 11) is 1.59. The predicted octanol–water partition coefficient (Wildman–Crippen LogP) is 4.04. The first-order chi connectivity index (χ1) is 13.5. The molecule has 1 amide bonds. The Morgan fingerprint density at radius 1 is 1.32 bits per heavy atom. The third-order valence-corrected chi connectivity index (χ3v) is 5.43. The number of methoxy groups -OCH3 is 1. The van der Waals surface area contributed by atoms with E-state index in [9.17, 15) is 4.79 Å². The maximum absolute atomic E-state index is 12.8. The van der Waals surface area contributed by atoms with Gasteiger partial charge in [0.15, 0.2) is 16.7 Å². The van der Waals surface area contributed by atoms with Crippen LogP contribution in [0, 0.1) is 6.92 Å². The third kappa shape index (κ3) is 4.42. The molecule has 0 saturated carbocycles. The molecule has 1 fully saturated rings. The van der Waals surface area contributed by atoms with Crippen LogP contribution in [0.1, 0.15) is 17.5 Å².